The molecule has 1 rings (SSSR count). The summed E-state index contributed by atoms with van der Waals surface area (Å²) in [4.78, 5) is 11.9. The molecule has 0 aliphatic heterocycles. The van der Waals surface area contributed by atoms with Crippen LogP contribution in [0.1, 0.15) is 18.2 Å². The van der Waals surface area contributed by atoms with Gasteiger partial charge in [-0.1, -0.05) is 37.0 Å². The van der Waals surface area contributed by atoms with Crippen LogP contribution in [0, 0.1) is 11.8 Å². The predicted molar refractivity (Wildman–Crippen MR) is 64.8 cm³/mol. The number of rotatable bonds is 3. The zero-order chi connectivity index (χ0) is 10.9. The Labute approximate surface area is 94.1 Å². The Bertz CT molecular complexity index is 413. The van der Waals surface area contributed by atoms with Gasteiger partial charge in [0.1, 0.15) is 0 Å². The topological polar surface area (TPSA) is 17.1 Å². The minimum atomic E-state index is 0.130. The molecule has 0 spiro atoms. The average molecular weight is 216 g/mol. The third kappa shape index (κ3) is 4.99. The first-order valence-corrected chi connectivity index (χ1v) is 5.62. The maximum absolute atomic E-state index is 10.9. The fourth-order valence-corrected chi connectivity index (χ4v) is 1.43. The molecule has 0 radical (unpaired) electrons. The van der Waals surface area contributed by atoms with E-state index in [0.717, 1.165) is 4.88 Å². The Morgan fingerprint density at radius 1 is 1.53 bits per heavy atom. The lowest BCUT2D eigenvalue weighted by Crippen LogP contribution is -1.85. The quantitative estimate of drug-likeness (QED) is 0.431. The second kappa shape index (κ2) is 6.80. The first-order valence-electron chi connectivity index (χ1n) is 4.74. The minimum Gasteiger partial charge on any atom is -0.295 e. The number of allylic oxidation sites excluding steroid dienone is 4. The summed E-state index contributed by atoms with van der Waals surface area (Å²) in [7, 11) is 0. The highest BCUT2D eigenvalue weighted by Gasteiger charge is 1.85. The summed E-state index contributed by atoms with van der Waals surface area (Å²) in [6, 6.07) is 3.94. The molecule has 1 heterocycles. The van der Waals surface area contributed by atoms with Crippen molar-refractivity contribution in [1.82, 2.24) is 0 Å². The average Bonchev–Trinajstić information content (AvgIpc) is 2.75. The molecular formula is C13H12OS. The number of ketones is 1. The van der Waals surface area contributed by atoms with Gasteiger partial charge in [-0.05, 0) is 23.6 Å². The van der Waals surface area contributed by atoms with Gasteiger partial charge in [0.05, 0.1) is 4.88 Å². The second-order valence-corrected chi connectivity index (χ2v) is 3.73. The number of hydrogen-bond acceptors (Lipinski definition) is 2. The lowest BCUT2D eigenvalue weighted by molar-refractivity contribution is -0.114. The molecule has 0 bridgehead atoms. The van der Waals surface area contributed by atoms with Crippen LogP contribution in [0.2, 0.25) is 0 Å². The third-order valence-corrected chi connectivity index (χ3v) is 2.42. The van der Waals surface area contributed by atoms with Gasteiger partial charge >= 0.3 is 0 Å². The first kappa shape index (κ1) is 11.5. The van der Waals surface area contributed by atoms with Crippen LogP contribution >= 0.6 is 11.3 Å². The van der Waals surface area contributed by atoms with Crippen molar-refractivity contribution in [1.29, 1.82) is 0 Å². The van der Waals surface area contributed by atoms with E-state index in [1.54, 1.807) is 35.6 Å². The molecule has 0 amide bonds. The normalized spacial score (nSPS) is 10.5. The Hall–Kier alpha value is -1.59. The van der Waals surface area contributed by atoms with E-state index >= 15 is 0 Å². The molecular weight excluding hydrogens is 204 g/mol. The first-order chi connectivity index (χ1) is 7.33. The summed E-state index contributed by atoms with van der Waals surface area (Å²) >= 11 is 1.62. The molecule has 15 heavy (non-hydrogen) atoms. The van der Waals surface area contributed by atoms with Gasteiger partial charge in [-0.3, -0.25) is 4.79 Å². The summed E-state index contributed by atoms with van der Waals surface area (Å²) < 4.78 is 0. The van der Waals surface area contributed by atoms with Gasteiger partial charge in [-0.25, -0.2) is 0 Å². The molecule has 0 unspecified atom stereocenters. The largest absolute Gasteiger partial charge is 0.295 e. The molecule has 0 saturated carbocycles. The molecule has 0 aromatic carbocycles. The Morgan fingerprint density at radius 3 is 3.07 bits per heavy atom. The summed E-state index contributed by atoms with van der Waals surface area (Å²) in [5.74, 6) is 6.02. The van der Waals surface area contributed by atoms with Crippen LogP contribution in [0.3, 0.4) is 0 Å². The van der Waals surface area contributed by atoms with E-state index in [2.05, 4.69) is 11.8 Å². The fourth-order valence-electron chi connectivity index (χ4n) is 0.847. The lowest BCUT2D eigenvalue weighted by Gasteiger charge is -1.80. The number of carbonyl (C=O) groups excluding carboxylic acids is 1. The van der Waals surface area contributed by atoms with Crippen LogP contribution in [0.4, 0.5) is 0 Å². The van der Waals surface area contributed by atoms with Crippen molar-refractivity contribution >= 4 is 17.1 Å². The molecule has 0 atom stereocenters. The Morgan fingerprint density at radius 2 is 2.40 bits per heavy atom. The van der Waals surface area contributed by atoms with Crippen LogP contribution < -0.4 is 0 Å². The van der Waals surface area contributed by atoms with E-state index in [9.17, 15) is 4.79 Å². The number of thiophene rings is 1. The maximum Gasteiger partial charge on any atom is 0.155 e. The molecule has 76 valence electrons. The smallest absolute Gasteiger partial charge is 0.155 e. The van der Waals surface area contributed by atoms with Gasteiger partial charge in [0.2, 0.25) is 0 Å². The van der Waals surface area contributed by atoms with Gasteiger partial charge < -0.3 is 0 Å². The molecule has 0 aliphatic rings. The summed E-state index contributed by atoms with van der Waals surface area (Å²) in [6.07, 6.45) is 7.33. The fraction of sp³-hybridized carbons (Fsp3) is 0.154. The van der Waals surface area contributed by atoms with Crippen molar-refractivity contribution in [3.63, 3.8) is 0 Å². The summed E-state index contributed by atoms with van der Waals surface area (Å²) in [5.41, 5.74) is 0. The van der Waals surface area contributed by atoms with Crippen molar-refractivity contribution in [2.45, 2.75) is 13.3 Å². The zero-order valence-electron chi connectivity index (χ0n) is 8.57. The molecule has 1 aromatic rings. The highest BCUT2D eigenvalue weighted by Crippen LogP contribution is 2.05. The number of carbonyl (C=O) groups is 1. The van der Waals surface area contributed by atoms with Crippen LogP contribution in [0.15, 0.2) is 41.8 Å². The van der Waals surface area contributed by atoms with E-state index in [-0.39, 0.29) is 5.78 Å². The third-order valence-electron chi connectivity index (χ3n) is 1.64. The van der Waals surface area contributed by atoms with E-state index in [1.807, 2.05) is 24.4 Å². The highest BCUT2D eigenvalue weighted by atomic mass is 32.1. The van der Waals surface area contributed by atoms with Gasteiger partial charge in [0, 0.05) is 6.42 Å². The maximum atomic E-state index is 10.9. The van der Waals surface area contributed by atoms with Gasteiger partial charge in [0.15, 0.2) is 5.78 Å². The van der Waals surface area contributed by atoms with Crippen LogP contribution in [0.5, 0.6) is 0 Å². The minimum absolute atomic E-state index is 0.130. The van der Waals surface area contributed by atoms with Crippen molar-refractivity contribution in [3.05, 3.63) is 46.7 Å². The van der Waals surface area contributed by atoms with Crippen LogP contribution in [-0.4, -0.2) is 5.78 Å². The van der Waals surface area contributed by atoms with E-state index in [4.69, 9.17) is 0 Å². The zero-order valence-corrected chi connectivity index (χ0v) is 9.38. The van der Waals surface area contributed by atoms with E-state index < -0.39 is 0 Å². The molecule has 0 saturated heterocycles. The van der Waals surface area contributed by atoms with Crippen molar-refractivity contribution in [2.24, 2.45) is 0 Å². The highest BCUT2D eigenvalue weighted by molar-refractivity contribution is 7.10. The monoisotopic (exact) mass is 216 g/mol. The Balaban J connectivity index is 2.40. The SMILES string of the molecule is CCC(=O)C=CC=CC#Cc1cccs1. The molecule has 0 fully saturated rings. The standard InChI is InChI=1S/C13H12OS/c1-2-12(14)8-5-3-4-6-9-13-10-7-11-15-13/h3-5,7-8,10-11H,2H2,1H3. The summed E-state index contributed by atoms with van der Waals surface area (Å²) in [5, 5.41) is 1.99. The van der Waals surface area contributed by atoms with E-state index in [1.165, 1.54) is 0 Å². The summed E-state index contributed by atoms with van der Waals surface area (Å²) in [6.45, 7) is 1.84. The van der Waals surface area contributed by atoms with Crippen molar-refractivity contribution < 1.29 is 4.79 Å². The molecule has 0 aliphatic carbocycles. The molecule has 0 N–H and O–H groups in total. The Kier molecular flexibility index (Phi) is 5.21. The van der Waals surface area contributed by atoms with Crippen LogP contribution in [0.25, 0.3) is 0 Å². The van der Waals surface area contributed by atoms with Crippen molar-refractivity contribution in [3.8, 4) is 11.8 Å². The number of hydrogen-bond donors (Lipinski definition) is 0. The second-order valence-electron chi connectivity index (χ2n) is 2.78. The predicted octanol–water partition coefficient (Wildman–Crippen LogP) is 3.19. The van der Waals surface area contributed by atoms with Gasteiger partial charge in [-0.15, -0.1) is 11.3 Å². The molecule has 1 aromatic heterocycles. The lowest BCUT2D eigenvalue weighted by atomic mass is 10.3. The van der Waals surface area contributed by atoms with Gasteiger partial charge in [-0.2, -0.15) is 0 Å². The van der Waals surface area contributed by atoms with Crippen LogP contribution in [-0.2, 0) is 4.79 Å². The molecule has 1 nitrogen and oxygen atoms in total. The van der Waals surface area contributed by atoms with Gasteiger partial charge in [0.25, 0.3) is 0 Å². The molecule has 2 heteroatoms. The van der Waals surface area contributed by atoms with E-state index in [0.29, 0.717) is 6.42 Å². The van der Waals surface area contributed by atoms with Crippen molar-refractivity contribution in [2.75, 3.05) is 0 Å².